The maximum atomic E-state index is 14.4. The molecule has 2 unspecified atom stereocenters. The van der Waals surface area contributed by atoms with E-state index in [1.165, 1.54) is 7.11 Å². The average molecular weight is 424 g/mol. The van der Waals surface area contributed by atoms with Gasteiger partial charge in [-0.2, -0.15) is 0 Å². The minimum atomic E-state index is -3.02. The first kappa shape index (κ1) is 24.4. The molecule has 0 bridgehead atoms. The number of halogens is 1. The van der Waals surface area contributed by atoms with Crippen molar-refractivity contribution in [3.63, 3.8) is 0 Å². The number of benzene rings is 2. The quantitative estimate of drug-likeness (QED) is 0.567. The van der Waals surface area contributed by atoms with Crippen LogP contribution in [0.15, 0.2) is 36.4 Å². The van der Waals surface area contributed by atoms with Crippen LogP contribution in [-0.4, -0.2) is 25.3 Å². The summed E-state index contributed by atoms with van der Waals surface area (Å²) in [4.78, 5) is 11.9. The fraction of sp³-hybridized carbons (Fsp3) is 0.409. The zero-order valence-electron chi connectivity index (χ0n) is 17.5. The number of nitrogens with two attached hydrogens (primary N) is 1. The Labute approximate surface area is 174 Å². The molecule has 0 radical (unpaired) electrons. The maximum absolute atomic E-state index is 14.4. The first-order valence-electron chi connectivity index (χ1n) is 9.17. The van der Waals surface area contributed by atoms with Crippen molar-refractivity contribution in [1.82, 2.24) is 0 Å². The van der Waals surface area contributed by atoms with Gasteiger partial charge in [0.05, 0.1) is 13.0 Å². The number of carbonyl (C=O) groups is 1. The minimum Gasteiger partial charge on any atom is -0.469 e. The Morgan fingerprint density at radius 2 is 1.29 bits per heavy atom. The molecule has 0 aromatic heterocycles. The molecular formula is C22H31ClNO3P. The van der Waals surface area contributed by atoms with E-state index >= 15 is 0 Å². The minimum absolute atomic E-state index is 0. The molecule has 0 aliphatic carbocycles. The molecule has 154 valence electrons. The predicted octanol–water partition coefficient (Wildman–Crippen LogP) is 3.79. The summed E-state index contributed by atoms with van der Waals surface area (Å²) in [5.74, 6) is -0.907. The number of esters is 1. The van der Waals surface area contributed by atoms with Crippen LogP contribution < -0.4 is 16.3 Å². The molecule has 4 nitrogen and oxygen atoms in total. The van der Waals surface area contributed by atoms with Crippen LogP contribution in [0.5, 0.6) is 0 Å². The number of methoxy groups -OCH3 is 1. The van der Waals surface area contributed by atoms with Gasteiger partial charge in [-0.3, -0.25) is 4.79 Å². The Morgan fingerprint density at radius 1 is 0.929 bits per heavy atom. The smallest absolute Gasteiger partial charge is 0.309 e. The second kappa shape index (κ2) is 9.73. The summed E-state index contributed by atoms with van der Waals surface area (Å²) in [6.45, 7) is 9.72. The summed E-state index contributed by atoms with van der Waals surface area (Å²) >= 11 is 0. The molecule has 2 aromatic carbocycles. The normalized spacial score (nSPS) is 13.4. The monoisotopic (exact) mass is 423 g/mol. The van der Waals surface area contributed by atoms with Gasteiger partial charge >= 0.3 is 5.97 Å². The lowest BCUT2D eigenvalue weighted by atomic mass is 10.1. The maximum Gasteiger partial charge on any atom is 0.309 e. The lowest BCUT2D eigenvalue weighted by Gasteiger charge is -2.26. The molecule has 0 spiro atoms. The van der Waals surface area contributed by atoms with E-state index < -0.39 is 19.1 Å². The molecule has 0 aliphatic rings. The number of ether oxygens (including phenoxy) is 1. The van der Waals surface area contributed by atoms with Crippen LogP contribution in [0, 0.1) is 33.6 Å². The Kier molecular flexibility index (Phi) is 8.49. The molecule has 0 amide bonds. The van der Waals surface area contributed by atoms with E-state index in [2.05, 4.69) is 12.1 Å². The van der Waals surface area contributed by atoms with Crippen LogP contribution in [0.25, 0.3) is 0 Å². The van der Waals surface area contributed by atoms with Crippen LogP contribution in [0.3, 0.4) is 0 Å². The molecule has 0 fully saturated rings. The van der Waals surface area contributed by atoms with Gasteiger partial charge in [-0.05, 0) is 52.0 Å². The van der Waals surface area contributed by atoms with Crippen molar-refractivity contribution in [1.29, 1.82) is 0 Å². The largest absolute Gasteiger partial charge is 0.469 e. The first-order valence-corrected chi connectivity index (χ1v) is 11.1. The molecule has 2 atom stereocenters. The van der Waals surface area contributed by atoms with Crippen LogP contribution in [0.1, 0.15) is 29.2 Å². The number of carbonyl (C=O) groups excluding carboxylic acids is 1. The van der Waals surface area contributed by atoms with E-state index in [1.807, 2.05) is 52.0 Å². The molecule has 0 heterocycles. The Morgan fingerprint density at radius 3 is 1.61 bits per heavy atom. The van der Waals surface area contributed by atoms with E-state index in [9.17, 15) is 9.36 Å². The topological polar surface area (TPSA) is 69.4 Å². The van der Waals surface area contributed by atoms with E-state index in [1.54, 1.807) is 6.92 Å². The summed E-state index contributed by atoms with van der Waals surface area (Å²) in [5, 5.41) is 1.58. The summed E-state index contributed by atoms with van der Waals surface area (Å²) in [6.07, 6.45) is 0.217. The molecule has 0 aliphatic heterocycles. The van der Waals surface area contributed by atoms with Gasteiger partial charge in [0, 0.05) is 22.8 Å². The van der Waals surface area contributed by atoms with Crippen LogP contribution in [0.2, 0.25) is 0 Å². The zero-order chi connectivity index (χ0) is 20.4. The van der Waals surface area contributed by atoms with Crippen molar-refractivity contribution in [3.05, 3.63) is 58.7 Å². The van der Waals surface area contributed by atoms with Crippen molar-refractivity contribution < 1.29 is 14.1 Å². The van der Waals surface area contributed by atoms with Gasteiger partial charge in [-0.25, -0.2) is 0 Å². The molecule has 2 aromatic rings. The van der Waals surface area contributed by atoms with Gasteiger partial charge in [-0.15, -0.1) is 12.4 Å². The number of aryl methyl sites for hydroxylation is 4. The summed E-state index contributed by atoms with van der Waals surface area (Å²) in [7, 11) is -1.68. The van der Waals surface area contributed by atoms with Gasteiger partial charge < -0.3 is 15.0 Å². The van der Waals surface area contributed by atoms with Crippen molar-refractivity contribution >= 4 is 36.1 Å². The summed E-state index contributed by atoms with van der Waals surface area (Å²) in [6, 6.07) is 11.5. The number of hydrogen-bond donors (Lipinski definition) is 1. The Balaban J connectivity index is 0.00000392. The third-order valence-electron chi connectivity index (χ3n) is 4.93. The highest BCUT2D eigenvalue weighted by atomic mass is 35.5. The van der Waals surface area contributed by atoms with Crippen molar-refractivity contribution in [2.75, 3.05) is 13.3 Å². The van der Waals surface area contributed by atoms with E-state index in [4.69, 9.17) is 10.5 Å². The second-order valence-corrected chi connectivity index (χ2v) is 10.5. The Bertz CT molecular complexity index is 801. The van der Waals surface area contributed by atoms with E-state index in [0.29, 0.717) is 0 Å². The van der Waals surface area contributed by atoms with Crippen molar-refractivity contribution in [2.24, 2.45) is 11.7 Å². The van der Waals surface area contributed by atoms with Crippen LogP contribution >= 0.6 is 19.5 Å². The van der Waals surface area contributed by atoms with Crippen LogP contribution in [-0.2, 0) is 14.1 Å². The van der Waals surface area contributed by atoms with Gasteiger partial charge in [0.2, 0.25) is 0 Å². The third-order valence-corrected chi connectivity index (χ3v) is 8.05. The summed E-state index contributed by atoms with van der Waals surface area (Å²) < 4.78 is 19.2. The Hall–Kier alpha value is -1.61. The van der Waals surface area contributed by atoms with E-state index in [0.717, 1.165) is 32.9 Å². The molecular weight excluding hydrogens is 393 g/mol. The molecule has 0 saturated carbocycles. The fourth-order valence-corrected chi connectivity index (χ4v) is 6.77. The van der Waals surface area contributed by atoms with Gasteiger partial charge in [0.1, 0.15) is 7.14 Å². The average Bonchev–Trinajstić information content (AvgIpc) is 2.58. The second-order valence-electron chi connectivity index (χ2n) is 7.59. The lowest BCUT2D eigenvalue weighted by Crippen LogP contribution is -2.39. The molecule has 6 heteroatoms. The number of hydrogen-bond acceptors (Lipinski definition) is 4. The standard InChI is InChI=1S/C22H30NO3P.ClH/c1-14-7-15(2)10-19(9-14)27(25,13-21(23)18(5)22(24)26-6)20-11-16(3)8-17(4)12-20;/h7-12,18,21H,13,23H2,1-6H3;1H. The highest BCUT2D eigenvalue weighted by molar-refractivity contribution is 7.78. The first-order chi connectivity index (χ1) is 12.6. The van der Waals surface area contributed by atoms with Crippen molar-refractivity contribution in [3.8, 4) is 0 Å². The summed E-state index contributed by atoms with van der Waals surface area (Å²) in [5.41, 5.74) is 10.6. The highest BCUT2D eigenvalue weighted by Gasteiger charge is 2.34. The fourth-order valence-electron chi connectivity index (χ4n) is 3.49. The molecule has 2 N–H and O–H groups in total. The third kappa shape index (κ3) is 5.47. The van der Waals surface area contributed by atoms with Gasteiger partial charge in [0.25, 0.3) is 0 Å². The number of rotatable bonds is 6. The predicted molar refractivity (Wildman–Crippen MR) is 120 cm³/mol. The molecule has 0 saturated heterocycles. The van der Waals surface area contributed by atoms with Gasteiger partial charge in [-0.1, -0.05) is 41.3 Å². The SMILES string of the molecule is COC(=O)C(C)C(N)CP(=O)(c1cc(C)cc(C)c1)c1cc(C)cc(C)c1.Cl. The molecule has 28 heavy (non-hydrogen) atoms. The highest BCUT2D eigenvalue weighted by Crippen LogP contribution is 2.45. The van der Waals surface area contributed by atoms with Crippen molar-refractivity contribution in [2.45, 2.75) is 40.7 Å². The van der Waals surface area contributed by atoms with E-state index in [-0.39, 0.29) is 24.5 Å². The molecule has 2 rings (SSSR count). The lowest BCUT2D eigenvalue weighted by molar-refractivity contribution is -0.145. The zero-order valence-corrected chi connectivity index (χ0v) is 19.2. The van der Waals surface area contributed by atoms with Crippen LogP contribution in [0.4, 0.5) is 0 Å². The van der Waals surface area contributed by atoms with Gasteiger partial charge in [0.15, 0.2) is 0 Å².